The first kappa shape index (κ1) is 14.2. The summed E-state index contributed by atoms with van der Waals surface area (Å²) < 4.78 is 0. The topological polar surface area (TPSA) is 50.4 Å². The first-order valence-electron chi connectivity index (χ1n) is 7.49. The molecule has 2 rings (SSSR count). The fraction of sp³-hybridized carbons (Fsp3) is 0.929. The molecule has 1 saturated heterocycles. The molecule has 1 aliphatic heterocycles. The molecule has 0 aromatic heterocycles. The number of hydrazine groups is 1. The highest BCUT2D eigenvalue weighted by atomic mass is 32.2. The van der Waals surface area contributed by atoms with Gasteiger partial charge in [-0.1, -0.05) is 25.7 Å². The van der Waals surface area contributed by atoms with Gasteiger partial charge in [-0.2, -0.15) is 11.8 Å². The number of thioether (sulfide) groups is 1. The van der Waals surface area contributed by atoms with Gasteiger partial charge in [-0.05, 0) is 43.1 Å². The molecule has 18 heavy (non-hydrogen) atoms. The van der Waals surface area contributed by atoms with Gasteiger partial charge in [0.1, 0.15) is 5.84 Å². The first-order chi connectivity index (χ1) is 8.88. The van der Waals surface area contributed by atoms with Crippen LogP contribution in [0.25, 0.3) is 0 Å². The molecule has 0 aromatic rings. The Labute approximate surface area is 115 Å². The second kappa shape index (κ2) is 8.05. The molecular weight excluding hydrogens is 242 g/mol. The molecule has 2 aliphatic rings. The maximum absolute atomic E-state index is 5.66. The molecule has 3 N–H and O–H groups in total. The molecule has 0 radical (unpaired) electrons. The molecule has 0 atom stereocenters. The Morgan fingerprint density at radius 2 is 1.72 bits per heavy atom. The third-order valence-corrected chi connectivity index (χ3v) is 5.20. The second-order valence-electron chi connectivity index (χ2n) is 5.63. The molecule has 0 bridgehead atoms. The van der Waals surface area contributed by atoms with Crippen LogP contribution in [0.4, 0.5) is 0 Å². The number of amidine groups is 1. The number of nitrogens with zero attached hydrogens (tertiary/aromatic N) is 1. The highest BCUT2D eigenvalue weighted by molar-refractivity contribution is 7.99. The van der Waals surface area contributed by atoms with Crippen LogP contribution in [0.1, 0.15) is 57.8 Å². The Morgan fingerprint density at radius 3 is 2.33 bits per heavy atom. The largest absolute Gasteiger partial charge is 0.312 e. The van der Waals surface area contributed by atoms with Crippen molar-refractivity contribution in [2.45, 2.75) is 63.8 Å². The van der Waals surface area contributed by atoms with Crippen LogP contribution in [0.2, 0.25) is 0 Å². The zero-order valence-corrected chi connectivity index (χ0v) is 12.2. The van der Waals surface area contributed by atoms with Gasteiger partial charge in [-0.15, -0.1) is 0 Å². The van der Waals surface area contributed by atoms with Crippen molar-refractivity contribution in [1.29, 1.82) is 0 Å². The van der Waals surface area contributed by atoms with Gasteiger partial charge in [0.2, 0.25) is 0 Å². The van der Waals surface area contributed by atoms with Crippen molar-refractivity contribution in [2.75, 3.05) is 11.5 Å². The SMILES string of the molecule is NNC(CC1CCSCC1)=NC1CCCCCC1. The predicted molar refractivity (Wildman–Crippen MR) is 80.9 cm³/mol. The summed E-state index contributed by atoms with van der Waals surface area (Å²) >= 11 is 2.08. The van der Waals surface area contributed by atoms with E-state index in [4.69, 9.17) is 10.8 Å². The van der Waals surface area contributed by atoms with Crippen molar-refractivity contribution in [1.82, 2.24) is 5.43 Å². The highest BCUT2D eigenvalue weighted by Gasteiger charge is 2.17. The van der Waals surface area contributed by atoms with Crippen molar-refractivity contribution in [3.8, 4) is 0 Å². The van der Waals surface area contributed by atoms with E-state index >= 15 is 0 Å². The summed E-state index contributed by atoms with van der Waals surface area (Å²) in [6, 6.07) is 0.525. The van der Waals surface area contributed by atoms with Gasteiger partial charge in [-0.3, -0.25) is 4.99 Å². The molecule has 1 saturated carbocycles. The molecule has 0 amide bonds. The summed E-state index contributed by atoms with van der Waals surface area (Å²) in [5.74, 6) is 10.1. The molecule has 1 heterocycles. The van der Waals surface area contributed by atoms with Crippen LogP contribution in [0.15, 0.2) is 4.99 Å². The Bertz CT molecular complexity index is 254. The molecule has 3 nitrogen and oxygen atoms in total. The second-order valence-corrected chi connectivity index (χ2v) is 6.85. The molecule has 0 unspecified atom stereocenters. The van der Waals surface area contributed by atoms with Crippen LogP contribution >= 0.6 is 11.8 Å². The van der Waals surface area contributed by atoms with Crippen molar-refractivity contribution >= 4 is 17.6 Å². The van der Waals surface area contributed by atoms with Crippen LogP contribution in [0, 0.1) is 5.92 Å². The zero-order valence-electron chi connectivity index (χ0n) is 11.4. The lowest BCUT2D eigenvalue weighted by Gasteiger charge is -2.22. The summed E-state index contributed by atoms with van der Waals surface area (Å²) in [6.45, 7) is 0. The number of hydrogen-bond acceptors (Lipinski definition) is 3. The minimum absolute atomic E-state index is 0.525. The first-order valence-corrected chi connectivity index (χ1v) is 8.65. The lowest BCUT2D eigenvalue weighted by atomic mass is 9.98. The van der Waals surface area contributed by atoms with Gasteiger partial charge in [0.05, 0.1) is 6.04 Å². The Kier molecular flexibility index (Phi) is 6.35. The van der Waals surface area contributed by atoms with E-state index in [1.54, 1.807) is 0 Å². The molecule has 1 aliphatic carbocycles. The zero-order chi connectivity index (χ0) is 12.6. The van der Waals surface area contributed by atoms with E-state index in [0.29, 0.717) is 6.04 Å². The van der Waals surface area contributed by atoms with E-state index in [1.807, 2.05) is 0 Å². The monoisotopic (exact) mass is 269 g/mol. The fourth-order valence-electron chi connectivity index (χ4n) is 2.98. The van der Waals surface area contributed by atoms with Crippen molar-refractivity contribution < 1.29 is 0 Å². The van der Waals surface area contributed by atoms with Crippen LogP contribution < -0.4 is 11.3 Å². The third kappa shape index (κ3) is 4.81. The van der Waals surface area contributed by atoms with Crippen LogP contribution in [0.3, 0.4) is 0 Å². The van der Waals surface area contributed by atoms with Crippen molar-refractivity contribution in [3.63, 3.8) is 0 Å². The van der Waals surface area contributed by atoms with E-state index in [9.17, 15) is 0 Å². The minimum atomic E-state index is 0.525. The molecular formula is C14H27N3S. The molecule has 104 valence electrons. The maximum atomic E-state index is 5.66. The Hall–Kier alpha value is -0.220. The number of rotatable bonds is 3. The summed E-state index contributed by atoms with van der Waals surface area (Å²) in [7, 11) is 0. The van der Waals surface area contributed by atoms with E-state index in [1.165, 1.54) is 62.9 Å². The van der Waals surface area contributed by atoms with E-state index in [2.05, 4.69) is 17.2 Å². The number of nitrogens with two attached hydrogens (primary N) is 1. The normalized spacial score (nSPS) is 24.8. The summed E-state index contributed by atoms with van der Waals surface area (Å²) in [5, 5.41) is 0. The van der Waals surface area contributed by atoms with Crippen molar-refractivity contribution in [2.24, 2.45) is 16.8 Å². The molecule has 4 heteroatoms. The third-order valence-electron chi connectivity index (χ3n) is 4.15. The lowest BCUT2D eigenvalue weighted by Crippen LogP contribution is -2.34. The van der Waals surface area contributed by atoms with Crippen LogP contribution in [-0.2, 0) is 0 Å². The number of aliphatic imine (C=N–C) groups is 1. The Balaban J connectivity index is 1.85. The minimum Gasteiger partial charge on any atom is -0.312 e. The Morgan fingerprint density at radius 1 is 1.06 bits per heavy atom. The van der Waals surface area contributed by atoms with E-state index < -0.39 is 0 Å². The lowest BCUT2D eigenvalue weighted by molar-refractivity contribution is 0.498. The van der Waals surface area contributed by atoms with Gasteiger partial charge in [-0.25, -0.2) is 5.84 Å². The van der Waals surface area contributed by atoms with E-state index in [-0.39, 0.29) is 0 Å². The highest BCUT2D eigenvalue weighted by Crippen LogP contribution is 2.26. The van der Waals surface area contributed by atoms with Gasteiger partial charge < -0.3 is 5.43 Å². The van der Waals surface area contributed by atoms with Gasteiger partial charge in [0.15, 0.2) is 0 Å². The quantitative estimate of drug-likeness (QED) is 0.272. The van der Waals surface area contributed by atoms with Crippen molar-refractivity contribution in [3.05, 3.63) is 0 Å². The van der Waals surface area contributed by atoms with E-state index in [0.717, 1.165) is 18.2 Å². The maximum Gasteiger partial charge on any atom is 0.111 e. The summed E-state index contributed by atoms with van der Waals surface area (Å²) in [6.07, 6.45) is 11.7. The van der Waals surface area contributed by atoms with Crippen LogP contribution in [0.5, 0.6) is 0 Å². The van der Waals surface area contributed by atoms with Gasteiger partial charge >= 0.3 is 0 Å². The fourth-order valence-corrected chi connectivity index (χ4v) is 4.18. The average molecular weight is 269 g/mol. The predicted octanol–water partition coefficient (Wildman–Crippen LogP) is 3.10. The smallest absolute Gasteiger partial charge is 0.111 e. The van der Waals surface area contributed by atoms with Gasteiger partial charge in [0, 0.05) is 6.42 Å². The summed E-state index contributed by atoms with van der Waals surface area (Å²) in [4.78, 5) is 4.88. The number of hydrogen-bond donors (Lipinski definition) is 2. The molecule has 0 aromatic carbocycles. The summed E-state index contributed by atoms with van der Waals surface area (Å²) in [5.41, 5.74) is 2.86. The molecule has 2 fully saturated rings. The van der Waals surface area contributed by atoms with Crippen LogP contribution in [-0.4, -0.2) is 23.4 Å². The van der Waals surface area contributed by atoms with Gasteiger partial charge in [0.25, 0.3) is 0 Å². The average Bonchev–Trinajstić information content (AvgIpc) is 2.68. The number of nitrogens with one attached hydrogen (secondary N) is 1. The molecule has 0 spiro atoms. The standard InChI is InChI=1S/C14H27N3S/c15-17-14(11-12-7-9-18-10-8-12)16-13-5-3-1-2-4-6-13/h12-13H,1-11,15H2,(H,16,17).